The van der Waals surface area contributed by atoms with E-state index in [0.717, 1.165) is 47.8 Å². The van der Waals surface area contributed by atoms with Crippen molar-refractivity contribution in [3.63, 3.8) is 0 Å². The molecule has 5 rings (SSSR count). The van der Waals surface area contributed by atoms with E-state index in [2.05, 4.69) is 20.5 Å². The molecular weight excluding hydrogens is 700 g/mol. The molecule has 0 aliphatic carbocycles. The molecular formula is C39H45F2N7O6. The Bertz CT molecular complexity index is 1900. The van der Waals surface area contributed by atoms with Crippen LogP contribution >= 0.6 is 0 Å². The fourth-order valence-corrected chi connectivity index (χ4v) is 6.15. The number of amides is 4. The predicted octanol–water partition coefficient (Wildman–Crippen LogP) is 4.33. The fraction of sp³-hybridized carbons (Fsp3) is 0.436. The highest BCUT2D eigenvalue weighted by Crippen LogP contribution is 2.31. The van der Waals surface area contributed by atoms with Gasteiger partial charge in [-0.1, -0.05) is 30.4 Å². The number of piperazine rings is 1. The van der Waals surface area contributed by atoms with Crippen molar-refractivity contribution in [1.82, 2.24) is 30.3 Å². The second kappa shape index (κ2) is 17.5. The number of alkyl carbamates (subject to hydrolysis) is 1. The summed E-state index contributed by atoms with van der Waals surface area (Å²) in [5.41, 5.74) is 1.96. The van der Waals surface area contributed by atoms with Gasteiger partial charge in [-0.05, 0) is 68.7 Å². The normalized spacial score (nSPS) is 17.3. The Morgan fingerprint density at radius 1 is 0.963 bits per heavy atom. The molecule has 1 aromatic heterocycles. The molecule has 2 aliphatic rings. The van der Waals surface area contributed by atoms with Crippen molar-refractivity contribution in [2.75, 3.05) is 59.0 Å². The Balaban J connectivity index is 1.05. The lowest BCUT2D eigenvalue weighted by molar-refractivity contribution is -0.132. The van der Waals surface area contributed by atoms with Gasteiger partial charge in [-0.3, -0.25) is 24.3 Å². The van der Waals surface area contributed by atoms with Gasteiger partial charge in [0.25, 0.3) is 11.8 Å². The minimum atomic E-state index is -3.14. The molecule has 54 heavy (non-hydrogen) atoms. The van der Waals surface area contributed by atoms with Crippen molar-refractivity contribution < 1.29 is 37.4 Å². The number of rotatable bonds is 12. The van der Waals surface area contributed by atoms with E-state index in [-0.39, 0.29) is 18.0 Å². The molecule has 0 unspecified atom stereocenters. The summed E-state index contributed by atoms with van der Waals surface area (Å²) in [4.78, 5) is 59.1. The molecule has 3 aromatic rings. The van der Waals surface area contributed by atoms with Crippen molar-refractivity contribution in [2.24, 2.45) is 0 Å². The van der Waals surface area contributed by atoms with E-state index in [1.54, 1.807) is 37.8 Å². The number of nitriles is 1. The third kappa shape index (κ3) is 11.2. The van der Waals surface area contributed by atoms with Gasteiger partial charge in [0.15, 0.2) is 0 Å². The third-order valence-corrected chi connectivity index (χ3v) is 8.89. The molecule has 2 fully saturated rings. The standard InChI is InChI=1S/C39H45F2N7O6/c1-38(2,3)54-37(52)45-24-34(49)47-18-16-46(17-19-47)15-4-20-53-30-10-7-27(8-11-30)5-6-28-9-12-33-32(21-28)31(13-14-43-33)36(51)44-25-35(50)48-26-39(40,41)22-29(48)23-42/h5-14,21,29H,4,15-20,22,24-26H2,1-3H3,(H,44,51)(H,45,52)/b6-5+/t29-/m0/s1. The molecule has 2 aromatic carbocycles. The number of fused-ring (bicyclic) bond motifs is 1. The van der Waals surface area contributed by atoms with Gasteiger partial charge >= 0.3 is 6.09 Å². The summed E-state index contributed by atoms with van der Waals surface area (Å²) in [6.07, 6.45) is 4.79. The van der Waals surface area contributed by atoms with Gasteiger partial charge in [-0.15, -0.1) is 0 Å². The molecule has 2 saturated heterocycles. The maximum Gasteiger partial charge on any atom is 0.408 e. The molecule has 13 nitrogen and oxygen atoms in total. The number of ether oxygens (including phenoxy) is 2. The minimum absolute atomic E-state index is 0.0891. The van der Waals surface area contributed by atoms with E-state index < -0.39 is 55.0 Å². The molecule has 1 atom stereocenters. The Morgan fingerprint density at radius 2 is 1.65 bits per heavy atom. The molecule has 0 bridgehead atoms. The number of nitrogens with one attached hydrogen (secondary N) is 2. The van der Waals surface area contributed by atoms with Crippen molar-refractivity contribution in [3.8, 4) is 11.8 Å². The van der Waals surface area contributed by atoms with Gasteiger partial charge in [0.1, 0.15) is 23.9 Å². The molecule has 4 amide bonds. The van der Waals surface area contributed by atoms with Crippen molar-refractivity contribution >= 4 is 46.9 Å². The van der Waals surface area contributed by atoms with Crippen LogP contribution in [0.15, 0.2) is 54.7 Å². The van der Waals surface area contributed by atoms with Gasteiger partial charge in [-0.25, -0.2) is 13.6 Å². The highest BCUT2D eigenvalue weighted by molar-refractivity contribution is 6.07. The van der Waals surface area contributed by atoms with Crippen molar-refractivity contribution in [3.05, 3.63) is 71.4 Å². The Morgan fingerprint density at radius 3 is 2.35 bits per heavy atom. The average Bonchev–Trinajstić information content (AvgIpc) is 3.47. The number of hydrogen-bond acceptors (Lipinski definition) is 9. The Hall–Kier alpha value is -5.62. The first kappa shape index (κ1) is 39.6. The number of nitrogens with zero attached hydrogens (tertiary/aromatic N) is 5. The van der Waals surface area contributed by atoms with E-state index in [1.807, 2.05) is 48.6 Å². The quantitative estimate of drug-likeness (QED) is 0.204. The topological polar surface area (TPSA) is 157 Å². The summed E-state index contributed by atoms with van der Waals surface area (Å²) in [6, 6.07) is 15.1. The van der Waals surface area contributed by atoms with Gasteiger partial charge in [0.05, 0.1) is 36.8 Å². The summed E-state index contributed by atoms with van der Waals surface area (Å²) in [6.45, 7) is 7.91. The Kier molecular flexibility index (Phi) is 12.8. The second-order valence-electron chi connectivity index (χ2n) is 14.2. The third-order valence-electron chi connectivity index (χ3n) is 8.89. The van der Waals surface area contributed by atoms with Crippen molar-refractivity contribution in [2.45, 2.75) is 51.2 Å². The van der Waals surface area contributed by atoms with E-state index in [9.17, 15) is 33.2 Å². The minimum Gasteiger partial charge on any atom is -0.494 e. The van der Waals surface area contributed by atoms with Crippen molar-refractivity contribution in [1.29, 1.82) is 5.26 Å². The van der Waals surface area contributed by atoms with Gasteiger partial charge < -0.3 is 29.9 Å². The summed E-state index contributed by atoms with van der Waals surface area (Å²) in [7, 11) is 0. The van der Waals surface area contributed by atoms with Crippen LogP contribution in [0.3, 0.4) is 0 Å². The zero-order valence-corrected chi connectivity index (χ0v) is 30.6. The number of likely N-dealkylation sites (tertiary alicyclic amines) is 1. The lowest BCUT2D eigenvalue weighted by Crippen LogP contribution is -2.51. The van der Waals surface area contributed by atoms with Gasteiger partial charge in [0.2, 0.25) is 11.8 Å². The number of pyridine rings is 1. The number of hydrogen-bond donors (Lipinski definition) is 2. The van der Waals surface area contributed by atoms with Gasteiger partial charge in [0, 0.05) is 50.7 Å². The highest BCUT2D eigenvalue weighted by atomic mass is 19.3. The van der Waals surface area contributed by atoms with E-state index >= 15 is 0 Å². The summed E-state index contributed by atoms with van der Waals surface area (Å²) < 4.78 is 38.7. The SMILES string of the molecule is CC(C)(C)OC(=O)NCC(=O)N1CCN(CCCOc2ccc(/C=C/c3ccc4nccc(C(=O)NCC(=O)N5CC(F)(F)C[C@H]5C#N)c4c3)cc2)CC1. The van der Waals surface area contributed by atoms with Crippen LogP contribution in [0.2, 0.25) is 0 Å². The number of benzene rings is 2. The van der Waals surface area contributed by atoms with E-state index in [0.29, 0.717) is 30.6 Å². The molecule has 286 valence electrons. The Labute approximate surface area is 312 Å². The first-order valence-electron chi connectivity index (χ1n) is 17.8. The summed E-state index contributed by atoms with van der Waals surface area (Å²) in [5, 5.41) is 14.8. The number of aromatic nitrogens is 1. The molecule has 2 aliphatic heterocycles. The fourth-order valence-electron chi connectivity index (χ4n) is 6.15. The van der Waals surface area contributed by atoms with E-state index in [4.69, 9.17) is 9.47 Å². The zero-order chi connectivity index (χ0) is 38.9. The summed E-state index contributed by atoms with van der Waals surface area (Å²) >= 11 is 0. The van der Waals surface area contributed by atoms with Crippen LogP contribution in [0.4, 0.5) is 13.6 Å². The van der Waals surface area contributed by atoms with Crippen LogP contribution in [-0.2, 0) is 14.3 Å². The van der Waals surface area contributed by atoms with Crippen LogP contribution in [0, 0.1) is 11.3 Å². The number of carbonyl (C=O) groups excluding carboxylic acids is 4. The first-order chi connectivity index (χ1) is 25.7. The largest absolute Gasteiger partial charge is 0.494 e. The van der Waals surface area contributed by atoms with Gasteiger partial charge in [-0.2, -0.15) is 5.26 Å². The smallest absolute Gasteiger partial charge is 0.408 e. The zero-order valence-electron chi connectivity index (χ0n) is 30.6. The van der Waals surface area contributed by atoms with Crippen LogP contribution in [0.25, 0.3) is 23.1 Å². The highest BCUT2D eigenvalue weighted by Gasteiger charge is 2.47. The summed E-state index contributed by atoms with van der Waals surface area (Å²) in [5.74, 6) is -3.84. The first-order valence-corrected chi connectivity index (χ1v) is 17.8. The number of halogens is 2. The number of carbonyl (C=O) groups is 4. The monoisotopic (exact) mass is 745 g/mol. The maximum absolute atomic E-state index is 13.8. The second-order valence-corrected chi connectivity index (χ2v) is 14.2. The van der Waals surface area contributed by atoms with E-state index in [1.165, 1.54) is 12.3 Å². The molecule has 0 spiro atoms. The molecule has 3 heterocycles. The number of alkyl halides is 2. The molecule has 0 radical (unpaired) electrons. The van der Waals surface area contributed by atoms with Crippen LogP contribution < -0.4 is 15.4 Å². The molecule has 2 N–H and O–H groups in total. The predicted molar refractivity (Wildman–Crippen MR) is 197 cm³/mol. The van der Waals surface area contributed by atoms with Crippen LogP contribution in [0.5, 0.6) is 5.75 Å². The molecule has 15 heteroatoms. The van der Waals surface area contributed by atoms with Crippen LogP contribution in [0.1, 0.15) is 55.1 Å². The van der Waals surface area contributed by atoms with Crippen LogP contribution in [-0.4, -0.2) is 120 Å². The maximum atomic E-state index is 13.8. The molecule has 0 saturated carbocycles. The lowest BCUT2D eigenvalue weighted by atomic mass is 10.0. The average molecular weight is 746 g/mol. The lowest BCUT2D eigenvalue weighted by Gasteiger charge is -2.34.